The zero-order chi connectivity index (χ0) is 52.0. The van der Waals surface area contributed by atoms with Crippen LogP contribution in [-0.4, -0.2) is 34.9 Å². The van der Waals surface area contributed by atoms with Crippen LogP contribution in [0.1, 0.15) is 361 Å². The van der Waals surface area contributed by atoms with E-state index < -0.39 is 12.1 Å². The van der Waals surface area contributed by atoms with E-state index in [1.807, 2.05) is 6.08 Å². The highest BCUT2D eigenvalue weighted by Gasteiger charge is 2.18. The lowest BCUT2D eigenvalue weighted by atomic mass is 10.0. The molecule has 1 amide bonds. The number of hydrogen-bond acceptors (Lipinski definition) is 3. The maximum Gasteiger partial charge on any atom is 0.220 e. The van der Waals surface area contributed by atoms with Crippen molar-refractivity contribution in [1.82, 2.24) is 5.32 Å². The van der Waals surface area contributed by atoms with Crippen LogP contribution in [0.25, 0.3) is 0 Å². The highest BCUT2D eigenvalue weighted by atomic mass is 16.3. The molecule has 0 aromatic rings. The van der Waals surface area contributed by atoms with Gasteiger partial charge in [-0.3, -0.25) is 4.79 Å². The Kier molecular flexibility index (Phi) is 62.2. The van der Waals surface area contributed by atoms with Crippen LogP contribution in [-0.2, 0) is 4.79 Å². The summed E-state index contributed by atoms with van der Waals surface area (Å²) in [6.45, 7) is 4.33. The quantitative estimate of drug-likeness (QED) is 0.0420. The minimum atomic E-state index is -0.872. The van der Waals surface area contributed by atoms with Gasteiger partial charge in [0.05, 0.1) is 18.8 Å². The molecule has 0 saturated carbocycles. The van der Waals surface area contributed by atoms with Crippen molar-refractivity contribution in [2.45, 2.75) is 373 Å². The first-order chi connectivity index (χ1) is 35.7. The van der Waals surface area contributed by atoms with Crippen LogP contribution < -0.4 is 5.32 Å². The fraction of sp³-hybridized carbons (Fsp3) is 0.868. The first kappa shape index (κ1) is 70.3. The van der Waals surface area contributed by atoms with Gasteiger partial charge in [0, 0.05) is 6.42 Å². The lowest BCUT2D eigenvalue weighted by molar-refractivity contribution is -0.123. The molecule has 4 heteroatoms. The maximum absolute atomic E-state index is 12.5. The van der Waals surface area contributed by atoms with E-state index in [0.29, 0.717) is 6.42 Å². The number of carbonyl (C=O) groups excluding carboxylic acids is 1. The molecular formula is C68H129NO3. The molecule has 0 radical (unpaired) electrons. The van der Waals surface area contributed by atoms with Crippen LogP contribution >= 0.6 is 0 Å². The molecule has 2 atom stereocenters. The van der Waals surface area contributed by atoms with Gasteiger partial charge in [-0.25, -0.2) is 0 Å². The summed E-state index contributed by atoms with van der Waals surface area (Å²) in [7, 11) is 0. The van der Waals surface area contributed by atoms with Gasteiger partial charge in [-0.1, -0.05) is 332 Å². The summed E-state index contributed by atoms with van der Waals surface area (Å²) in [4.78, 5) is 12.5. The number of nitrogens with one attached hydrogen (secondary N) is 1. The monoisotopic (exact) mass is 1010 g/mol. The van der Waals surface area contributed by atoms with Crippen LogP contribution in [0.4, 0.5) is 0 Å². The third kappa shape index (κ3) is 59.2. The summed E-state index contributed by atoms with van der Waals surface area (Å²) in [5.74, 6) is -0.0722. The van der Waals surface area contributed by atoms with Crippen LogP contribution in [0.15, 0.2) is 48.6 Å². The van der Waals surface area contributed by atoms with Crippen LogP contribution in [0, 0.1) is 0 Å². The fourth-order valence-electron chi connectivity index (χ4n) is 10.3. The predicted octanol–water partition coefficient (Wildman–Crippen LogP) is 22.2. The SMILES string of the molecule is CCCCCCCCCC/C=C\CCCCCCCCCCCCCCCCCCCC(=O)NC(CO)C(O)/C=C/CC/C=C/CC/C=C/CCCCCCCCCCCCCCCCCCCCCCC. The minimum Gasteiger partial charge on any atom is -0.394 e. The molecule has 0 spiro atoms. The van der Waals surface area contributed by atoms with E-state index >= 15 is 0 Å². The van der Waals surface area contributed by atoms with E-state index in [0.717, 1.165) is 38.5 Å². The average Bonchev–Trinajstić information content (AvgIpc) is 3.39. The summed E-state index contributed by atoms with van der Waals surface area (Å²) in [6, 6.07) is -0.647. The second-order valence-electron chi connectivity index (χ2n) is 22.5. The van der Waals surface area contributed by atoms with E-state index in [-0.39, 0.29) is 12.5 Å². The Hall–Kier alpha value is -1.65. The first-order valence-electron chi connectivity index (χ1n) is 32.9. The van der Waals surface area contributed by atoms with E-state index in [4.69, 9.17) is 0 Å². The minimum absolute atomic E-state index is 0.0722. The predicted molar refractivity (Wildman–Crippen MR) is 322 cm³/mol. The Morgan fingerprint density at radius 2 is 0.542 bits per heavy atom. The maximum atomic E-state index is 12.5. The van der Waals surface area contributed by atoms with Gasteiger partial charge in [0.1, 0.15) is 0 Å². The van der Waals surface area contributed by atoms with Crippen molar-refractivity contribution in [2.75, 3.05) is 6.61 Å². The molecule has 72 heavy (non-hydrogen) atoms. The fourth-order valence-corrected chi connectivity index (χ4v) is 10.3. The van der Waals surface area contributed by atoms with Crippen LogP contribution in [0.2, 0.25) is 0 Å². The molecule has 424 valence electrons. The van der Waals surface area contributed by atoms with Crippen LogP contribution in [0.3, 0.4) is 0 Å². The molecule has 0 saturated heterocycles. The molecule has 0 fully saturated rings. The third-order valence-corrected chi connectivity index (χ3v) is 15.3. The van der Waals surface area contributed by atoms with Crippen molar-refractivity contribution >= 4 is 5.91 Å². The highest BCUT2D eigenvalue weighted by molar-refractivity contribution is 5.76. The molecule has 0 aliphatic heterocycles. The van der Waals surface area contributed by atoms with Crippen molar-refractivity contribution in [3.63, 3.8) is 0 Å². The van der Waals surface area contributed by atoms with Gasteiger partial charge in [0.25, 0.3) is 0 Å². The summed E-state index contributed by atoms with van der Waals surface area (Å²) in [5.41, 5.74) is 0. The smallest absolute Gasteiger partial charge is 0.220 e. The Labute approximate surface area is 452 Å². The van der Waals surface area contributed by atoms with Crippen molar-refractivity contribution in [2.24, 2.45) is 0 Å². The van der Waals surface area contributed by atoms with E-state index in [1.165, 1.54) is 302 Å². The van der Waals surface area contributed by atoms with Gasteiger partial charge in [-0.15, -0.1) is 0 Å². The number of aliphatic hydroxyl groups excluding tert-OH is 2. The second-order valence-corrected chi connectivity index (χ2v) is 22.5. The number of allylic oxidation sites excluding steroid dienone is 7. The summed E-state index contributed by atoms with van der Waals surface area (Å²) in [6.07, 6.45) is 89.0. The van der Waals surface area contributed by atoms with Crippen molar-refractivity contribution in [3.8, 4) is 0 Å². The number of amides is 1. The van der Waals surface area contributed by atoms with E-state index in [1.54, 1.807) is 6.08 Å². The number of rotatable bonds is 61. The molecule has 0 aromatic carbocycles. The van der Waals surface area contributed by atoms with Crippen LogP contribution in [0.5, 0.6) is 0 Å². The summed E-state index contributed by atoms with van der Waals surface area (Å²) in [5, 5.41) is 23.2. The van der Waals surface area contributed by atoms with Gasteiger partial charge in [0.15, 0.2) is 0 Å². The molecule has 0 bridgehead atoms. The van der Waals surface area contributed by atoms with Gasteiger partial charge in [-0.05, 0) is 70.6 Å². The molecule has 0 aliphatic rings. The van der Waals surface area contributed by atoms with Crippen molar-refractivity contribution in [1.29, 1.82) is 0 Å². The Morgan fingerprint density at radius 3 is 0.806 bits per heavy atom. The topological polar surface area (TPSA) is 69.6 Å². The lowest BCUT2D eigenvalue weighted by Gasteiger charge is -2.19. The van der Waals surface area contributed by atoms with E-state index in [9.17, 15) is 15.0 Å². The number of hydrogen-bond donors (Lipinski definition) is 3. The average molecular weight is 1010 g/mol. The van der Waals surface area contributed by atoms with Crippen molar-refractivity contribution < 1.29 is 15.0 Å². The number of carbonyl (C=O) groups is 1. The summed E-state index contributed by atoms with van der Waals surface area (Å²) < 4.78 is 0. The molecule has 0 aromatic heterocycles. The lowest BCUT2D eigenvalue weighted by Crippen LogP contribution is -2.45. The number of unbranched alkanes of at least 4 members (excludes halogenated alkanes) is 48. The first-order valence-corrected chi connectivity index (χ1v) is 32.9. The molecule has 3 N–H and O–H groups in total. The Bertz CT molecular complexity index is 1140. The normalized spacial score (nSPS) is 13.0. The molecule has 0 heterocycles. The zero-order valence-corrected chi connectivity index (χ0v) is 49.0. The van der Waals surface area contributed by atoms with Gasteiger partial charge in [-0.2, -0.15) is 0 Å². The Morgan fingerprint density at radius 1 is 0.319 bits per heavy atom. The zero-order valence-electron chi connectivity index (χ0n) is 49.0. The molecule has 0 rings (SSSR count). The highest BCUT2D eigenvalue weighted by Crippen LogP contribution is 2.18. The largest absolute Gasteiger partial charge is 0.394 e. The number of aliphatic hydroxyl groups is 2. The Balaban J connectivity index is 3.50. The van der Waals surface area contributed by atoms with Gasteiger partial charge >= 0.3 is 0 Å². The van der Waals surface area contributed by atoms with Crippen molar-refractivity contribution in [3.05, 3.63) is 48.6 Å². The molecule has 0 aliphatic carbocycles. The molecule has 4 nitrogen and oxygen atoms in total. The van der Waals surface area contributed by atoms with Gasteiger partial charge in [0.2, 0.25) is 5.91 Å². The third-order valence-electron chi connectivity index (χ3n) is 15.3. The van der Waals surface area contributed by atoms with E-state index in [2.05, 4.69) is 55.6 Å². The standard InChI is InChI=1S/C68H129NO3/c1-3-5-7-9-11-13-15-17-19-21-23-25-27-29-31-33-34-36-37-39-41-43-45-47-49-51-53-55-57-59-61-63-67(71)66(65-70)69-68(72)64-62-60-58-56-54-52-50-48-46-44-42-40-38-35-32-30-28-26-24-22-20-18-16-14-12-10-8-6-4-2/h22,24,45,47,53,55,61,63,66-67,70-71H,3-21,23,25-44,46,48-52,54,56-60,62,64-65H2,1-2H3,(H,69,72)/b24-22-,47-45+,55-53+,63-61+. The van der Waals surface area contributed by atoms with Gasteiger partial charge < -0.3 is 15.5 Å². The molecular weight excluding hydrogens is 879 g/mol. The molecule has 2 unspecified atom stereocenters. The summed E-state index contributed by atoms with van der Waals surface area (Å²) >= 11 is 0. The second kappa shape index (κ2) is 63.6.